The molecule has 2 aromatic carbocycles. The molecule has 4 heteroatoms. The first-order valence-corrected chi connectivity index (χ1v) is 5.44. The van der Waals surface area contributed by atoms with Crippen molar-refractivity contribution in [1.29, 1.82) is 5.26 Å². The first-order valence-electron chi connectivity index (χ1n) is 5.44. The molecule has 0 aliphatic carbocycles. The molecule has 0 unspecified atom stereocenters. The zero-order valence-electron chi connectivity index (χ0n) is 9.61. The minimum atomic E-state index is 0.365. The average Bonchev–Trinajstić information content (AvgIpc) is 2.46. The van der Waals surface area contributed by atoms with E-state index in [1.165, 1.54) is 0 Å². The normalized spacial score (nSPS) is 9.28. The van der Waals surface area contributed by atoms with Gasteiger partial charge in [-0.2, -0.15) is 5.26 Å². The molecule has 2 rings (SSSR count). The van der Waals surface area contributed by atoms with E-state index in [2.05, 4.69) is 16.1 Å². The van der Waals surface area contributed by atoms with Crippen molar-refractivity contribution in [3.05, 3.63) is 70.1 Å². The summed E-state index contributed by atoms with van der Waals surface area (Å²) in [4.78, 5) is 2.73. The third kappa shape index (κ3) is 2.67. The van der Waals surface area contributed by atoms with Crippen LogP contribution in [0.1, 0.15) is 11.1 Å². The standard InChI is InChI=1S/C14H10N4/c15-9-11-1-5-13(6-2-11)14-7-3-12(4-8-14)10-17-18-16/h1-8H,10H2. The van der Waals surface area contributed by atoms with Crippen LogP contribution in [-0.2, 0) is 6.54 Å². The molecule has 0 radical (unpaired) electrons. The predicted octanol–water partition coefficient (Wildman–Crippen LogP) is 4.04. The van der Waals surface area contributed by atoms with Crippen molar-refractivity contribution in [1.82, 2.24) is 0 Å². The van der Waals surface area contributed by atoms with Crippen LogP contribution in [0.15, 0.2) is 53.6 Å². The van der Waals surface area contributed by atoms with Crippen LogP contribution in [0, 0.1) is 11.3 Å². The SMILES string of the molecule is N#Cc1ccc(-c2ccc(CN=[N+]=[N-])cc2)cc1. The number of benzene rings is 2. The minimum absolute atomic E-state index is 0.365. The van der Waals surface area contributed by atoms with Gasteiger partial charge in [-0.25, -0.2) is 0 Å². The Morgan fingerprint density at radius 1 is 1.00 bits per heavy atom. The van der Waals surface area contributed by atoms with Crippen molar-refractivity contribution in [2.75, 3.05) is 0 Å². The molecule has 0 atom stereocenters. The lowest BCUT2D eigenvalue weighted by molar-refractivity contribution is 1.05. The molecule has 0 aromatic heterocycles. The second-order valence-corrected chi connectivity index (χ2v) is 3.78. The molecule has 0 N–H and O–H groups in total. The fourth-order valence-corrected chi connectivity index (χ4v) is 1.65. The Labute approximate surface area is 105 Å². The topological polar surface area (TPSA) is 72.5 Å². The molecule has 0 aliphatic heterocycles. The summed E-state index contributed by atoms with van der Waals surface area (Å²) in [5, 5.41) is 12.2. The molecule has 86 valence electrons. The van der Waals surface area contributed by atoms with Crippen molar-refractivity contribution in [3.8, 4) is 17.2 Å². The number of hydrogen-bond donors (Lipinski definition) is 0. The number of nitriles is 1. The highest BCUT2D eigenvalue weighted by Crippen LogP contribution is 2.20. The number of hydrogen-bond acceptors (Lipinski definition) is 2. The van der Waals surface area contributed by atoms with Gasteiger partial charge in [-0.05, 0) is 34.4 Å². The highest BCUT2D eigenvalue weighted by atomic mass is 15.1. The lowest BCUT2D eigenvalue weighted by atomic mass is 10.0. The Bertz CT molecular complexity index is 614. The molecule has 2 aromatic rings. The number of nitrogens with zero attached hydrogens (tertiary/aromatic N) is 4. The van der Waals surface area contributed by atoms with Gasteiger partial charge in [-0.15, -0.1) is 0 Å². The van der Waals surface area contributed by atoms with Crippen LogP contribution in [0.2, 0.25) is 0 Å². The second-order valence-electron chi connectivity index (χ2n) is 3.78. The molecular weight excluding hydrogens is 224 g/mol. The molecule has 0 bridgehead atoms. The van der Waals surface area contributed by atoms with Crippen LogP contribution < -0.4 is 0 Å². The van der Waals surface area contributed by atoms with Crippen LogP contribution in [-0.4, -0.2) is 0 Å². The second kappa shape index (κ2) is 5.53. The summed E-state index contributed by atoms with van der Waals surface area (Å²) in [6.45, 7) is 0.365. The van der Waals surface area contributed by atoms with E-state index in [1.807, 2.05) is 36.4 Å². The third-order valence-corrected chi connectivity index (χ3v) is 2.62. The summed E-state index contributed by atoms with van der Waals surface area (Å²) in [6.07, 6.45) is 0. The van der Waals surface area contributed by atoms with Gasteiger partial charge in [0, 0.05) is 4.91 Å². The Kier molecular flexibility index (Phi) is 3.60. The predicted molar refractivity (Wildman–Crippen MR) is 69.4 cm³/mol. The summed E-state index contributed by atoms with van der Waals surface area (Å²) in [5.74, 6) is 0. The Morgan fingerprint density at radius 3 is 2.06 bits per heavy atom. The van der Waals surface area contributed by atoms with E-state index in [-0.39, 0.29) is 0 Å². The van der Waals surface area contributed by atoms with Gasteiger partial charge in [-0.1, -0.05) is 41.5 Å². The van der Waals surface area contributed by atoms with Crippen molar-refractivity contribution in [2.45, 2.75) is 6.54 Å². The van der Waals surface area contributed by atoms with Crippen LogP contribution in [0.4, 0.5) is 0 Å². The van der Waals surface area contributed by atoms with Crippen molar-refractivity contribution in [2.24, 2.45) is 5.11 Å². The Morgan fingerprint density at radius 2 is 1.56 bits per heavy atom. The summed E-state index contributed by atoms with van der Waals surface area (Å²) in [5.41, 5.74) is 12.0. The Hall–Kier alpha value is -2.76. The van der Waals surface area contributed by atoms with Crippen LogP contribution in [0.5, 0.6) is 0 Å². The summed E-state index contributed by atoms with van der Waals surface area (Å²) in [7, 11) is 0. The molecule has 0 spiro atoms. The van der Waals surface area contributed by atoms with E-state index in [0.717, 1.165) is 16.7 Å². The first-order chi connectivity index (χ1) is 8.83. The molecule has 0 saturated carbocycles. The molecule has 0 heterocycles. The fourth-order valence-electron chi connectivity index (χ4n) is 1.65. The molecule has 18 heavy (non-hydrogen) atoms. The molecule has 4 nitrogen and oxygen atoms in total. The fraction of sp³-hybridized carbons (Fsp3) is 0.0714. The Balaban J connectivity index is 2.23. The van der Waals surface area contributed by atoms with E-state index < -0.39 is 0 Å². The summed E-state index contributed by atoms with van der Waals surface area (Å²) in [6, 6.07) is 17.3. The van der Waals surface area contributed by atoms with Gasteiger partial charge in [0.2, 0.25) is 0 Å². The summed E-state index contributed by atoms with van der Waals surface area (Å²) < 4.78 is 0. The van der Waals surface area contributed by atoms with Crippen LogP contribution in [0.25, 0.3) is 21.6 Å². The highest BCUT2D eigenvalue weighted by Gasteiger charge is 1.98. The van der Waals surface area contributed by atoms with Gasteiger partial charge in [0.15, 0.2) is 0 Å². The van der Waals surface area contributed by atoms with Crippen molar-refractivity contribution in [3.63, 3.8) is 0 Å². The van der Waals surface area contributed by atoms with Gasteiger partial charge in [0.25, 0.3) is 0 Å². The van der Waals surface area contributed by atoms with Gasteiger partial charge >= 0.3 is 0 Å². The monoisotopic (exact) mass is 234 g/mol. The third-order valence-electron chi connectivity index (χ3n) is 2.62. The molecule has 0 amide bonds. The molecule has 0 fully saturated rings. The van der Waals surface area contributed by atoms with E-state index in [4.69, 9.17) is 10.8 Å². The first kappa shape index (κ1) is 11.7. The summed E-state index contributed by atoms with van der Waals surface area (Å²) >= 11 is 0. The average molecular weight is 234 g/mol. The van der Waals surface area contributed by atoms with Crippen LogP contribution in [0.3, 0.4) is 0 Å². The largest absolute Gasteiger partial charge is 0.192 e. The van der Waals surface area contributed by atoms with E-state index in [9.17, 15) is 0 Å². The maximum absolute atomic E-state index is 8.73. The smallest absolute Gasteiger partial charge is 0.0991 e. The number of azide groups is 1. The minimum Gasteiger partial charge on any atom is -0.192 e. The quantitative estimate of drug-likeness (QED) is 0.448. The van der Waals surface area contributed by atoms with E-state index in [1.54, 1.807) is 12.1 Å². The maximum Gasteiger partial charge on any atom is 0.0991 e. The van der Waals surface area contributed by atoms with Gasteiger partial charge < -0.3 is 0 Å². The lowest BCUT2D eigenvalue weighted by Gasteiger charge is -2.03. The van der Waals surface area contributed by atoms with E-state index in [0.29, 0.717) is 12.1 Å². The highest BCUT2D eigenvalue weighted by molar-refractivity contribution is 5.64. The molecule has 0 saturated heterocycles. The van der Waals surface area contributed by atoms with Crippen molar-refractivity contribution >= 4 is 0 Å². The maximum atomic E-state index is 8.73. The number of rotatable bonds is 3. The van der Waals surface area contributed by atoms with Crippen LogP contribution >= 0.6 is 0 Å². The zero-order valence-corrected chi connectivity index (χ0v) is 9.61. The van der Waals surface area contributed by atoms with Gasteiger partial charge in [0.05, 0.1) is 18.2 Å². The lowest BCUT2D eigenvalue weighted by Crippen LogP contribution is -1.82. The van der Waals surface area contributed by atoms with Gasteiger partial charge in [-0.3, -0.25) is 0 Å². The molecular formula is C14H10N4. The van der Waals surface area contributed by atoms with Gasteiger partial charge in [0.1, 0.15) is 0 Å². The van der Waals surface area contributed by atoms with Crippen molar-refractivity contribution < 1.29 is 0 Å². The zero-order chi connectivity index (χ0) is 12.8. The molecule has 0 aliphatic rings. The van der Waals surface area contributed by atoms with E-state index >= 15 is 0 Å².